The van der Waals surface area contributed by atoms with Crippen molar-refractivity contribution >= 4 is 5.97 Å². The molecule has 0 bridgehead atoms. The third kappa shape index (κ3) is 4.69. The Morgan fingerprint density at radius 3 is 2.46 bits per heavy atom. The average Bonchev–Trinajstić information content (AvgIpc) is 1.98. The lowest BCUT2D eigenvalue weighted by atomic mass is 10.2. The van der Waals surface area contributed by atoms with Crippen LogP contribution >= 0.6 is 0 Å². The summed E-state index contributed by atoms with van der Waals surface area (Å²) in [5.74, 6) is 3.70. The minimum Gasteiger partial charge on any atom is -0.466 e. The van der Waals surface area contributed by atoms with Crippen LogP contribution in [0.1, 0.15) is 13.3 Å². The van der Waals surface area contributed by atoms with Gasteiger partial charge in [0.25, 0.3) is 0 Å². The molecule has 3 N–H and O–H groups in total. The zero-order valence-corrected chi connectivity index (χ0v) is 7.02. The molecule has 4 nitrogen and oxygen atoms in total. The first-order valence-electron chi connectivity index (χ1n) is 3.60. The second-order valence-corrected chi connectivity index (χ2v) is 2.27. The Hall–Kier alpha value is -0.820. The second kappa shape index (κ2) is 5.03. The van der Waals surface area contributed by atoms with E-state index in [0.29, 0.717) is 0 Å². The van der Waals surface area contributed by atoms with Crippen molar-refractivity contribution in [2.24, 2.45) is 5.84 Å². The summed E-state index contributed by atoms with van der Waals surface area (Å²) in [5.41, 5.74) is 1.51. The highest BCUT2D eigenvalue weighted by Gasteiger charge is 2.40. The van der Waals surface area contributed by atoms with E-state index >= 15 is 0 Å². The van der Waals surface area contributed by atoms with E-state index in [0.717, 1.165) is 0 Å². The van der Waals surface area contributed by atoms with Gasteiger partial charge in [0.15, 0.2) is 0 Å². The lowest BCUT2D eigenvalue weighted by molar-refractivity contribution is -0.169. The van der Waals surface area contributed by atoms with Gasteiger partial charge in [-0.25, -0.2) is 5.43 Å². The average molecular weight is 200 g/mol. The van der Waals surface area contributed by atoms with Crippen molar-refractivity contribution in [1.82, 2.24) is 5.43 Å². The molecule has 0 saturated carbocycles. The molecular formula is C6H11F3N2O2. The summed E-state index contributed by atoms with van der Waals surface area (Å²) in [6.07, 6.45) is -5.35. The van der Waals surface area contributed by atoms with E-state index in [4.69, 9.17) is 0 Å². The smallest absolute Gasteiger partial charge is 0.405 e. The Morgan fingerprint density at radius 2 is 2.15 bits per heavy atom. The molecule has 0 saturated heterocycles. The van der Waals surface area contributed by atoms with E-state index in [1.807, 2.05) is 0 Å². The topological polar surface area (TPSA) is 64.3 Å². The van der Waals surface area contributed by atoms with E-state index in [9.17, 15) is 18.0 Å². The number of carbonyl (C=O) groups is 1. The van der Waals surface area contributed by atoms with Crippen molar-refractivity contribution in [1.29, 1.82) is 0 Å². The van der Waals surface area contributed by atoms with Gasteiger partial charge in [0.1, 0.15) is 6.04 Å². The highest BCUT2D eigenvalue weighted by Crippen LogP contribution is 2.21. The Kier molecular flexibility index (Phi) is 4.71. The fourth-order valence-corrected chi connectivity index (χ4v) is 0.656. The van der Waals surface area contributed by atoms with Gasteiger partial charge in [-0.15, -0.1) is 0 Å². The molecule has 0 rings (SSSR count). The molecule has 0 aliphatic heterocycles. The first-order valence-corrected chi connectivity index (χ1v) is 3.60. The van der Waals surface area contributed by atoms with Crippen LogP contribution in [0.3, 0.4) is 0 Å². The van der Waals surface area contributed by atoms with Crippen LogP contribution in [0.15, 0.2) is 0 Å². The van der Waals surface area contributed by atoms with Crippen molar-refractivity contribution in [3.63, 3.8) is 0 Å². The quantitative estimate of drug-likeness (QED) is 0.390. The normalized spacial score (nSPS) is 13.9. The molecule has 78 valence electrons. The van der Waals surface area contributed by atoms with Gasteiger partial charge in [-0.2, -0.15) is 13.2 Å². The number of nitrogens with one attached hydrogen (secondary N) is 1. The molecule has 0 amide bonds. The molecule has 0 aromatic rings. The molecule has 0 fully saturated rings. The van der Waals surface area contributed by atoms with E-state index in [-0.39, 0.29) is 6.61 Å². The standard InChI is InChI=1S/C6H11F3N2O2/c1-2-13-5(12)3-4(11-10)6(7,8)9/h4,11H,2-3,10H2,1H3. The summed E-state index contributed by atoms with van der Waals surface area (Å²) in [6, 6.07) is -2.05. The molecule has 0 aromatic heterocycles. The summed E-state index contributed by atoms with van der Waals surface area (Å²) in [6.45, 7) is 1.56. The van der Waals surface area contributed by atoms with Crippen molar-refractivity contribution in [2.75, 3.05) is 6.61 Å². The molecule has 0 spiro atoms. The maximum absolute atomic E-state index is 12.0. The van der Waals surface area contributed by atoms with Crippen LogP contribution in [0.4, 0.5) is 13.2 Å². The minimum atomic E-state index is -4.54. The summed E-state index contributed by atoms with van der Waals surface area (Å²) < 4.78 is 40.2. The highest BCUT2D eigenvalue weighted by molar-refractivity contribution is 5.70. The number of nitrogens with two attached hydrogens (primary N) is 1. The first-order chi connectivity index (χ1) is 5.91. The van der Waals surface area contributed by atoms with E-state index < -0.39 is 24.6 Å². The number of esters is 1. The zero-order chi connectivity index (χ0) is 10.5. The van der Waals surface area contributed by atoms with Gasteiger partial charge in [0.05, 0.1) is 13.0 Å². The number of rotatable bonds is 4. The van der Waals surface area contributed by atoms with E-state index in [2.05, 4.69) is 10.6 Å². The Morgan fingerprint density at radius 1 is 1.62 bits per heavy atom. The first kappa shape index (κ1) is 12.2. The number of carbonyl (C=O) groups excluding carboxylic acids is 1. The lowest BCUT2D eigenvalue weighted by Crippen LogP contribution is -2.47. The predicted octanol–water partition coefficient (Wildman–Crippen LogP) is 0.334. The van der Waals surface area contributed by atoms with E-state index in [1.165, 1.54) is 12.3 Å². The predicted molar refractivity (Wildman–Crippen MR) is 38.4 cm³/mol. The molecule has 0 aliphatic carbocycles. The third-order valence-electron chi connectivity index (χ3n) is 1.27. The molecule has 7 heteroatoms. The van der Waals surface area contributed by atoms with Crippen LogP contribution < -0.4 is 11.3 Å². The summed E-state index contributed by atoms with van der Waals surface area (Å²) in [7, 11) is 0. The molecule has 1 atom stereocenters. The van der Waals surface area contributed by atoms with Gasteiger partial charge >= 0.3 is 12.1 Å². The van der Waals surface area contributed by atoms with E-state index in [1.54, 1.807) is 0 Å². The number of ether oxygens (including phenoxy) is 1. The molecule has 1 unspecified atom stereocenters. The Bertz CT molecular complexity index is 172. The fraction of sp³-hybridized carbons (Fsp3) is 0.833. The van der Waals surface area contributed by atoms with Gasteiger partial charge in [-0.1, -0.05) is 0 Å². The molecule has 0 aromatic carbocycles. The fourth-order valence-electron chi connectivity index (χ4n) is 0.656. The van der Waals surface area contributed by atoms with Crippen LogP contribution in [-0.4, -0.2) is 24.8 Å². The minimum absolute atomic E-state index is 0.0496. The molecular weight excluding hydrogens is 189 g/mol. The van der Waals surface area contributed by atoms with Gasteiger partial charge in [0, 0.05) is 0 Å². The molecule has 13 heavy (non-hydrogen) atoms. The lowest BCUT2D eigenvalue weighted by Gasteiger charge is -2.17. The van der Waals surface area contributed by atoms with Crippen LogP contribution in [0.25, 0.3) is 0 Å². The summed E-state index contributed by atoms with van der Waals surface area (Å²) in [5, 5.41) is 0. The van der Waals surface area contributed by atoms with Gasteiger partial charge in [0.2, 0.25) is 0 Å². The third-order valence-corrected chi connectivity index (χ3v) is 1.27. The maximum atomic E-state index is 12.0. The number of hydrazine groups is 1. The number of hydrogen-bond acceptors (Lipinski definition) is 4. The van der Waals surface area contributed by atoms with Crippen molar-refractivity contribution in [3.8, 4) is 0 Å². The van der Waals surface area contributed by atoms with Gasteiger partial charge < -0.3 is 4.74 Å². The molecule has 0 radical (unpaired) electrons. The van der Waals surface area contributed by atoms with Gasteiger partial charge in [-0.3, -0.25) is 10.6 Å². The van der Waals surface area contributed by atoms with Crippen molar-refractivity contribution in [3.05, 3.63) is 0 Å². The number of alkyl halides is 3. The van der Waals surface area contributed by atoms with Crippen molar-refractivity contribution < 1.29 is 22.7 Å². The maximum Gasteiger partial charge on any atom is 0.405 e. The largest absolute Gasteiger partial charge is 0.466 e. The van der Waals surface area contributed by atoms with Crippen molar-refractivity contribution in [2.45, 2.75) is 25.6 Å². The monoisotopic (exact) mass is 200 g/mol. The molecule has 0 heterocycles. The zero-order valence-electron chi connectivity index (χ0n) is 7.02. The number of hydrogen-bond donors (Lipinski definition) is 2. The number of halogens is 3. The second-order valence-electron chi connectivity index (χ2n) is 2.27. The Balaban J connectivity index is 4.06. The summed E-state index contributed by atoms with van der Waals surface area (Å²) in [4.78, 5) is 10.6. The van der Waals surface area contributed by atoms with Crippen LogP contribution in [-0.2, 0) is 9.53 Å². The highest BCUT2D eigenvalue weighted by atomic mass is 19.4. The van der Waals surface area contributed by atoms with Gasteiger partial charge in [-0.05, 0) is 6.92 Å². The summed E-state index contributed by atoms with van der Waals surface area (Å²) >= 11 is 0. The molecule has 0 aliphatic rings. The SMILES string of the molecule is CCOC(=O)CC(NN)C(F)(F)F. The Labute approximate surface area is 73.2 Å². The van der Waals surface area contributed by atoms with Crippen LogP contribution in [0.5, 0.6) is 0 Å². The van der Waals surface area contributed by atoms with Crippen LogP contribution in [0.2, 0.25) is 0 Å². The van der Waals surface area contributed by atoms with Crippen LogP contribution in [0, 0.1) is 0 Å².